The SMILES string of the molecule is CCCC/C=N/Nc1ccc(CS(=O)(=O)N2CCCC2)cc1. The molecule has 5 nitrogen and oxygen atoms in total. The van der Waals surface area contributed by atoms with Crippen LogP contribution in [0.25, 0.3) is 0 Å². The molecule has 122 valence electrons. The van der Waals surface area contributed by atoms with Gasteiger partial charge in [-0.05, 0) is 43.4 Å². The van der Waals surface area contributed by atoms with Crippen molar-refractivity contribution in [1.82, 2.24) is 4.31 Å². The molecule has 0 bridgehead atoms. The minimum absolute atomic E-state index is 0.0764. The fourth-order valence-corrected chi connectivity index (χ4v) is 4.03. The second-order valence-corrected chi connectivity index (χ2v) is 7.59. The van der Waals surface area contributed by atoms with Gasteiger partial charge >= 0.3 is 0 Å². The lowest BCUT2D eigenvalue weighted by atomic mass is 10.2. The normalized spacial score (nSPS) is 16.4. The van der Waals surface area contributed by atoms with E-state index in [0.29, 0.717) is 13.1 Å². The van der Waals surface area contributed by atoms with Crippen LogP contribution in [0.3, 0.4) is 0 Å². The lowest BCUT2D eigenvalue weighted by Gasteiger charge is -2.15. The number of unbranched alkanes of at least 4 members (excludes halogenated alkanes) is 2. The minimum atomic E-state index is -3.17. The maximum atomic E-state index is 12.2. The molecule has 1 heterocycles. The smallest absolute Gasteiger partial charge is 0.218 e. The van der Waals surface area contributed by atoms with Crippen molar-refractivity contribution in [1.29, 1.82) is 0 Å². The van der Waals surface area contributed by atoms with Gasteiger partial charge in [-0.3, -0.25) is 5.43 Å². The third kappa shape index (κ3) is 5.10. The van der Waals surface area contributed by atoms with E-state index in [1.807, 2.05) is 30.5 Å². The number of nitrogens with one attached hydrogen (secondary N) is 1. The first-order valence-electron chi connectivity index (χ1n) is 7.96. The molecule has 2 rings (SSSR count). The Labute approximate surface area is 133 Å². The summed E-state index contributed by atoms with van der Waals surface area (Å²) >= 11 is 0. The van der Waals surface area contributed by atoms with Crippen LogP contribution in [-0.4, -0.2) is 32.0 Å². The second kappa shape index (κ2) is 8.29. The van der Waals surface area contributed by atoms with E-state index in [-0.39, 0.29) is 5.75 Å². The first-order valence-corrected chi connectivity index (χ1v) is 9.57. The average Bonchev–Trinajstić information content (AvgIpc) is 3.04. The molecular formula is C16H25N3O2S. The zero-order valence-corrected chi connectivity index (χ0v) is 14.0. The molecule has 0 amide bonds. The molecule has 0 saturated carbocycles. The molecule has 1 fully saturated rings. The average molecular weight is 323 g/mol. The van der Waals surface area contributed by atoms with Gasteiger partial charge in [-0.25, -0.2) is 12.7 Å². The molecule has 0 aliphatic carbocycles. The Morgan fingerprint density at radius 3 is 2.55 bits per heavy atom. The molecule has 0 unspecified atom stereocenters. The summed E-state index contributed by atoms with van der Waals surface area (Å²) < 4.78 is 26.1. The van der Waals surface area contributed by atoms with Gasteiger partial charge in [-0.2, -0.15) is 5.10 Å². The van der Waals surface area contributed by atoms with Crippen molar-refractivity contribution in [2.45, 2.75) is 44.8 Å². The predicted molar refractivity (Wildman–Crippen MR) is 91.5 cm³/mol. The zero-order chi connectivity index (χ0) is 15.8. The number of rotatable bonds is 8. The maximum absolute atomic E-state index is 12.2. The Morgan fingerprint density at radius 1 is 1.23 bits per heavy atom. The van der Waals surface area contributed by atoms with Gasteiger partial charge in [0.2, 0.25) is 10.0 Å². The van der Waals surface area contributed by atoms with Gasteiger partial charge in [0.1, 0.15) is 0 Å². The Bertz CT molecular complexity index is 576. The summed E-state index contributed by atoms with van der Waals surface area (Å²) in [4.78, 5) is 0. The van der Waals surface area contributed by atoms with E-state index in [1.54, 1.807) is 4.31 Å². The summed E-state index contributed by atoms with van der Waals surface area (Å²) in [6.07, 6.45) is 7.08. The van der Waals surface area contributed by atoms with Crippen molar-refractivity contribution in [3.8, 4) is 0 Å². The largest absolute Gasteiger partial charge is 0.279 e. The Hall–Kier alpha value is -1.40. The molecule has 1 saturated heterocycles. The number of sulfonamides is 1. The molecule has 6 heteroatoms. The van der Waals surface area contributed by atoms with Crippen LogP contribution in [-0.2, 0) is 15.8 Å². The van der Waals surface area contributed by atoms with Crippen LogP contribution in [0.15, 0.2) is 29.4 Å². The lowest BCUT2D eigenvalue weighted by molar-refractivity contribution is 0.476. The molecule has 22 heavy (non-hydrogen) atoms. The molecular weight excluding hydrogens is 298 g/mol. The summed E-state index contributed by atoms with van der Waals surface area (Å²) in [6.45, 7) is 3.47. The highest BCUT2D eigenvalue weighted by Gasteiger charge is 2.25. The van der Waals surface area contributed by atoms with Crippen molar-refractivity contribution in [2.24, 2.45) is 5.10 Å². The number of hydrogen-bond donors (Lipinski definition) is 1. The van der Waals surface area contributed by atoms with Gasteiger partial charge in [0.05, 0.1) is 11.4 Å². The van der Waals surface area contributed by atoms with E-state index in [2.05, 4.69) is 17.5 Å². The summed E-state index contributed by atoms with van der Waals surface area (Å²) in [5, 5.41) is 4.14. The molecule has 0 spiro atoms. The summed E-state index contributed by atoms with van der Waals surface area (Å²) in [7, 11) is -3.17. The first-order chi connectivity index (χ1) is 10.6. The van der Waals surface area contributed by atoms with Crippen LogP contribution in [0.5, 0.6) is 0 Å². The van der Waals surface area contributed by atoms with Crippen molar-refractivity contribution < 1.29 is 8.42 Å². The molecule has 0 atom stereocenters. The summed E-state index contributed by atoms with van der Waals surface area (Å²) in [5.41, 5.74) is 4.64. The van der Waals surface area contributed by atoms with Gasteiger partial charge in [-0.1, -0.05) is 25.5 Å². The monoisotopic (exact) mass is 323 g/mol. The summed E-state index contributed by atoms with van der Waals surface area (Å²) in [6, 6.07) is 7.42. The molecule has 1 aromatic carbocycles. The van der Waals surface area contributed by atoms with E-state index < -0.39 is 10.0 Å². The number of hydrazone groups is 1. The number of nitrogens with zero attached hydrogens (tertiary/aromatic N) is 2. The molecule has 0 radical (unpaired) electrons. The van der Waals surface area contributed by atoms with E-state index in [9.17, 15) is 8.42 Å². The highest BCUT2D eigenvalue weighted by molar-refractivity contribution is 7.88. The lowest BCUT2D eigenvalue weighted by Crippen LogP contribution is -2.29. The fourth-order valence-electron chi connectivity index (χ4n) is 2.42. The van der Waals surface area contributed by atoms with Crippen LogP contribution in [0.4, 0.5) is 5.69 Å². The number of anilines is 1. The second-order valence-electron chi connectivity index (χ2n) is 5.63. The topological polar surface area (TPSA) is 61.8 Å². The third-order valence-corrected chi connectivity index (χ3v) is 5.58. The van der Waals surface area contributed by atoms with Crippen molar-refractivity contribution >= 4 is 21.9 Å². The Balaban J connectivity index is 1.87. The standard InChI is InChI=1S/C16H25N3O2S/c1-2-3-4-11-17-18-16-9-7-15(8-10-16)14-22(20,21)19-12-5-6-13-19/h7-11,18H,2-6,12-14H2,1H3/b17-11+. The Kier molecular flexibility index (Phi) is 6.39. The van der Waals surface area contributed by atoms with Gasteiger partial charge in [0.25, 0.3) is 0 Å². The van der Waals surface area contributed by atoms with E-state index in [0.717, 1.165) is 43.4 Å². The molecule has 0 aromatic heterocycles. The van der Waals surface area contributed by atoms with E-state index >= 15 is 0 Å². The van der Waals surface area contributed by atoms with Crippen molar-refractivity contribution in [2.75, 3.05) is 18.5 Å². The van der Waals surface area contributed by atoms with Crippen molar-refractivity contribution in [3.05, 3.63) is 29.8 Å². The van der Waals surface area contributed by atoms with E-state index in [1.165, 1.54) is 0 Å². The van der Waals surface area contributed by atoms with E-state index in [4.69, 9.17) is 0 Å². The van der Waals surface area contributed by atoms with Crippen LogP contribution in [0.1, 0.15) is 44.6 Å². The van der Waals surface area contributed by atoms with Crippen LogP contribution < -0.4 is 5.43 Å². The maximum Gasteiger partial charge on any atom is 0.218 e. The van der Waals surface area contributed by atoms with Gasteiger partial charge in [0.15, 0.2) is 0 Å². The zero-order valence-electron chi connectivity index (χ0n) is 13.2. The number of hydrogen-bond acceptors (Lipinski definition) is 4. The molecule has 1 aromatic rings. The Morgan fingerprint density at radius 2 is 1.91 bits per heavy atom. The first kappa shape index (κ1) is 17.0. The minimum Gasteiger partial charge on any atom is -0.279 e. The van der Waals surface area contributed by atoms with Gasteiger partial charge in [0, 0.05) is 19.3 Å². The highest BCUT2D eigenvalue weighted by atomic mass is 32.2. The van der Waals surface area contributed by atoms with Crippen LogP contribution in [0, 0.1) is 0 Å². The van der Waals surface area contributed by atoms with Crippen LogP contribution >= 0.6 is 0 Å². The molecule has 1 N–H and O–H groups in total. The van der Waals surface area contributed by atoms with Crippen LogP contribution in [0.2, 0.25) is 0 Å². The van der Waals surface area contributed by atoms with Gasteiger partial charge < -0.3 is 0 Å². The predicted octanol–water partition coefficient (Wildman–Crippen LogP) is 3.20. The highest BCUT2D eigenvalue weighted by Crippen LogP contribution is 2.18. The number of benzene rings is 1. The fraction of sp³-hybridized carbons (Fsp3) is 0.562. The summed E-state index contributed by atoms with van der Waals surface area (Å²) in [5.74, 6) is 0.0764. The van der Waals surface area contributed by atoms with Crippen molar-refractivity contribution in [3.63, 3.8) is 0 Å². The van der Waals surface area contributed by atoms with Gasteiger partial charge in [-0.15, -0.1) is 0 Å². The molecule has 1 aliphatic rings. The quantitative estimate of drug-likeness (QED) is 0.454. The molecule has 1 aliphatic heterocycles. The third-order valence-electron chi connectivity index (χ3n) is 3.73.